The Kier molecular flexibility index (Phi) is 3.82. The number of hydrogen-bond donors (Lipinski definition) is 0. The Morgan fingerprint density at radius 3 is 3.00 bits per heavy atom. The van der Waals surface area contributed by atoms with Crippen molar-refractivity contribution in [1.82, 2.24) is 4.98 Å². The number of hydrogen-bond acceptors (Lipinski definition) is 3. The van der Waals surface area contributed by atoms with Gasteiger partial charge in [-0.25, -0.2) is 4.98 Å². The molecule has 1 aliphatic rings. The highest BCUT2D eigenvalue weighted by Gasteiger charge is 2.18. The van der Waals surface area contributed by atoms with E-state index in [1.54, 1.807) is 0 Å². The molecule has 1 fully saturated rings. The van der Waals surface area contributed by atoms with E-state index in [9.17, 15) is 0 Å². The van der Waals surface area contributed by atoms with Gasteiger partial charge in [0.05, 0.1) is 11.8 Å². The number of aryl methyl sites for hydroxylation is 1. The van der Waals surface area contributed by atoms with E-state index in [1.165, 1.54) is 12.8 Å². The standard InChI is InChI=1S/C12H17BrN2O/c1-9-11(13)5-6-12(14-9)15(2)8-10-4-3-7-16-10/h5-6,10H,3-4,7-8H2,1-2H3. The maximum atomic E-state index is 5.62. The fraction of sp³-hybridized carbons (Fsp3) is 0.583. The second kappa shape index (κ2) is 5.15. The molecule has 3 nitrogen and oxygen atoms in total. The van der Waals surface area contributed by atoms with E-state index in [0.29, 0.717) is 6.10 Å². The van der Waals surface area contributed by atoms with Gasteiger partial charge in [-0.3, -0.25) is 0 Å². The van der Waals surface area contributed by atoms with E-state index in [-0.39, 0.29) is 0 Å². The molecule has 1 aromatic rings. The minimum atomic E-state index is 0.371. The van der Waals surface area contributed by atoms with Gasteiger partial charge in [-0.1, -0.05) is 0 Å². The van der Waals surface area contributed by atoms with Gasteiger partial charge in [0.2, 0.25) is 0 Å². The molecule has 0 bridgehead atoms. The summed E-state index contributed by atoms with van der Waals surface area (Å²) in [5, 5.41) is 0. The number of nitrogens with zero attached hydrogens (tertiary/aromatic N) is 2. The summed E-state index contributed by atoms with van der Waals surface area (Å²) in [4.78, 5) is 6.70. The number of rotatable bonds is 3. The molecular formula is C12H17BrN2O. The fourth-order valence-corrected chi connectivity index (χ4v) is 2.15. The fourth-order valence-electron chi connectivity index (χ4n) is 1.93. The number of pyridine rings is 1. The maximum absolute atomic E-state index is 5.62. The van der Waals surface area contributed by atoms with Crippen molar-refractivity contribution in [2.75, 3.05) is 25.1 Å². The Morgan fingerprint density at radius 2 is 2.38 bits per heavy atom. The van der Waals surface area contributed by atoms with Crippen LogP contribution in [0.1, 0.15) is 18.5 Å². The molecule has 0 aromatic carbocycles. The second-order valence-electron chi connectivity index (χ2n) is 4.25. The van der Waals surface area contributed by atoms with Crippen molar-refractivity contribution in [3.8, 4) is 0 Å². The number of ether oxygens (including phenoxy) is 1. The predicted molar refractivity (Wildman–Crippen MR) is 68.9 cm³/mol. The van der Waals surface area contributed by atoms with E-state index in [0.717, 1.165) is 29.1 Å². The van der Waals surface area contributed by atoms with Gasteiger partial charge >= 0.3 is 0 Å². The number of anilines is 1. The Morgan fingerprint density at radius 1 is 1.56 bits per heavy atom. The predicted octanol–water partition coefficient (Wildman–Crippen LogP) is 2.77. The maximum Gasteiger partial charge on any atom is 0.128 e. The lowest BCUT2D eigenvalue weighted by Crippen LogP contribution is -2.29. The van der Waals surface area contributed by atoms with E-state index in [2.05, 4.69) is 32.9 Å². The Balaban J connectivity index is 2.02. The first-order valence-corrected chi connectivity index (χ1v) is 6.42. The third-order valence-electron chi connectivity index (χ3n) is 2.90. The highest BCUT2D eigenvalue weighted by molar-refractivity contribution is 9.10. The summed E-state index contributed by atoms with van der Waals surface area (Å²) in [7, 11) is 2.07. The summed E-state index contributed by atoms with van der Waals surface area (Å²) >= 11 is 3.46. The lowest BCUT2D eigenvalue weighted by Gasteiger charge is -2.22. The van der Waals surface area contributed by atoms with Crippen molar-refractivity contribution < 1.29 is 4.74 Å². The molecule has 16 heavy (non-hydrogen) atoms. The normalized spacial score (nSPS) is 20.1. The third kappa shape index (κ3) is 2.74. The molecule has 1 aromatic heterocycles. The van der Waals surface area contributed by atoms with Gasteiger partial charge in [0, 0.05) is 24.7 Å². The van der Waals surface area contributed by atoms with Crippen LogP contribution in [0.2, 0.25) is 0 Å². The van der Waals surface area contributed by atoms with Crippen molar-refractivity contribution in [3.63, 3.8) is 0 Å². The second-order valence-corrected chi connectivity index (χ2v) is 5.11. The SMILES string of the molecule is Cc1nc(N(C)CC2CCCO2)ccc1Br. The average molecular weight is 285 g/mol. The minimum absolute atomic E-state index is 0.371. The lowest BCUT2D eigenvalue weighted by molar-refractivity contribution is 0.116. The Hall–Kier alpha value is -0.610. The molecule has 88 valence electrons. The van der Waals surface area contributed by atoms with Gasteiger partial charge in [-0.05, 0) is 47.8 Å². The first-order valence-electron chi connectivity index (χ1n) is 5.62. The molecule has 0 spiro atoms. The van der Waals surface area contributed by atoms with Gasteiger partial charge in [-0.15, -0.1) is 0 Å². The first-order chi connectivity index (χ1) is 7.66. The lowest BCUT2D eigenvalue weighted by atomic mass is 10.2. The number of halogens is 1. The van der Waals surface area contributed by atoms with Crippen LogP contribution in [0.15, 0.2) is 16.6 Å². The largest absolute Gasteiger partial charge is 0.376 e. The zero-order valence-corrected chi connectivity index (χ0v) is 11.3. The molecule has 0 N–H and O–H groups in total. The minimum Gasteiger partial charge on any atom is -0.376 e. The Labute approximate surface area is 105 Å². The average Bonchev–Trinajstić information content (AvgIpc) is 2.74. The zero-order valence-electron chi connectivity index (χ0n) is 9.74. The molecule has 1 unspecified atom stereocenters. The highest BCUT2D eigenvalue weighted by atomic mass is 79.9. The molecule has 1 saturated heterocycles. The van der Waals surface area contributed by atoms with Crippen LogP contribution in [-0.2, 0) is 4.74 Å². The van der Waals surface area contributed by atoms with Crippen LogP contribution in [0.4, 0.5) is 5.82 Å². The van der Waals surface area contributed by atoms with Crippen LogP contribution in [-0.4, -0.2) is 31.3 Å². The molecule has 4 heteroatoms. The van der Waals surface area contributed by atoms with Crippen LogP contribution < -0.4 is 4.90 Å². The molecule has 1 atom stereocenters. The smallest absolute Gasteiger partial charge is 0.128 e. The van der Waals surface area contributed by atoms with Gasteiger partial charge in [0.15, 0.2) is 0 Å². The number of aromatic nitrogens is 1. The monoisotopic (exact) mass is 284 g/mol. The quantitative estimate of drug-likeness (QED) is 0.854. The van der Waals surface area contributed by atoms with Crippen molar-refractivity contribution in [2.24, 2.45) is 0 Å². The Bertz CT molecular complexity index is 364. The van der Waals surface area contributed by atoms with Crippen molar-refractivity contribution in [3.05, 3.63) is 22.3 Å². The molecule has 2 heterocycles. The van der Waals surface area contributed by atoms with Crippen LogP contribution >= 0.6 is 15.9 Å². The molecule has 2 rings (SSSR count). The van der Waals surface area contributed by atoms with Crippen molar-refractivity contribution >= 4 is 21.7 Å². The summed E-state index contributed by atoms with van der Waals surface area (Å²) in [6.07, 6.45) is 2.72. The third-order valence-corrected chi connectivity index (χ3v) is 3.74. The molecule has 1 aliphatic heterocycles. The molecule has 0 aliphatic carbocycles. The van der Waals surface area contributed by atoms with Gasteiger partial charge < -0.3 is 9.64 Å². The zero-order chi connectivity index (χ0) is 11.5. The molecule has 0 amide bonds. The summed E-state index contributed by atoms with van der Waals surface area (Å²) in [5.41, 5.74) is 1.02. The first kappa shape index (κ1) is 11.9. The summed E-state index contributed by atoms with van der Waals surface area (Å²) in [6.45, 7) is 3.84. The van der Waals surface area contributed by atoms with Crippen LogP contribution in [0, 0.1) is 6.92 Å². The van der Waals surface area contributed by atoms with Gasteiger partial charge in [0.1, 0.15) is 5.82 Å². The highest BCUT2D eigenvalue weighted by Crippen LogP contribution is 2.20. The van der Waals surface area contributed by atoms with Crippen LogP contribution in [0.3, 0.4) is 0 Å². The topological polar surface area (TPSA) is 25.4 Å². The van der Waals surface area contributed by atoms with Gasteiger partial charge in [0.25, 0.3) is 0 Å². The molecule has 0 radical (unpaired) electrons. The summed E-state index contributed by atoms with van der Waals surface area (Å²) in [5.74, 6) is 1.01. The van der Waals surface area contributed by atoms with Gasteiger partial charge in [-0.2, -0.15) is 0 Å². The summed E-state index contributed by atoms with van der Waals surface area (Å²) < 4.78 is 6.68. The van der Waals surface area contributed by atoms with E-state index >= 15 is 0 Å². The molecule has 0 saturated carbocycles. The van der Waals surface area contributed by atoms with Crippen molar-refractivity contribution in [2.45, 2.75) is 25.9 Å². The van der Waals surface area contributed by atoms with Crippen molar-refractivity contribution in [1.29, 1.82) is 0 Å². The van der Waals surface area contributed by atoms with Crippen LogP contribution in [0.5, 0.6) is 0 Å². The number of likely N-dealkylation sites (N-methyl/N-ethyl adjacent to an activating group) is 1. The summed E-state index contributed by atoms with van der Waals surface area (Å²) in [6, 6.07) is 4.08. The van der Waals surface area contributed by atoms with E-state index in [4.69, 9.17) is 4.74 Å². The van der Waals surface area contributed by atoms with Crippen LogP contribution in [0.25, 0.3) is 0 Å². The molecular weight excluding hydrogens is 268 g/mol. The van der Waals surface area contributed by atoms with E-state index in [1.807, 2.05) is 19.1 Å². The van der Waals surface area contributed by atoms with E-state index < -0.39 is 0 Å².